The molecule has 2 atom stereocenters. The number of benzene rings is 1. The molecule has 1 aliphatic rings. The Hall–Kier alpha value is -2.24. The van der Waals surface area contributed by atoms with Gasteiger partial charge in [0.1, 0.15) is 11.5 Å². The molecule has 1 aromatic rings. The molecule has 27 heavy (non-hydrogen) atoms. The summed E-state index contributed by atoms with van der Waals surface area (Å²) in [5, 5.41) is 3.00. The molecule has 1 saturated heterocycles. The van der Waals surface area contributed by atoms with Crippen molar-refractivity contribution in [2.45, 2.75) is 46.1 Å². The molecule has 0 aromatic heterocycles. The van der Waals surface area contributed by atoms with Crippen LogP contribution >= 0.6 is 0 Å². The van der Waals surface area contributed by atoms with E-state index in [4.69, 9.17) is 9.47 Å². The molecule has 6 heteroatoms. The number of hydrogen-bond acceptors (Lipinski definition) is 4. The zero-order valence-corrected chi connectivity index (χ0v) is 17.2. The number of nitrogens with one attached hydrogen (secondary N) is 1. The number of likely N-dealkylation sites (tertiary alicyclic amines) is 1. The van der Waals surface area contributed by atoms with Gasteiger partial charge in [-0.2, -0.15) is 0 Å². The highest BCUT2D eigenvalue weighted by Crippen LogP contribution is 2.39. The molecule has 0 aliphatic carbocycles. The number of amides is 2. The van der Waals surface area contributed by atoms with E-state index in [0.29, 0.717) is 31.0 Å². The van der Waals surface area contributed by atoms with Crippen molar-refractivity contribution in [3.8, 4) is 11.5 Å². The summed E-state index contributed by atoms with van der Waals surface area (Å²) < 4.78 is 10.9. The third-order valence-electron chi connectivity index (χ3n) is 4.86. The fourth-order valence-electron chi connectivity index (χ4n) is 3.59. The van der Waals surface area contributed by atoms with Gasteiger partial charge in [-0.15, -0.1) is 0 Å². The summed E-state index contributed by atoms with van der Waals surface area (Å²) in [6, 6.07) is 5.65. The Balaban J connectivity index is 2.37. The molecule has 1 fully saturated rings. The molecule has 0 spiro atoms. The molecule has 150 valence electrons. The van der Waals surface area contributed by atoms with E-state index in [-0.39, 0.29) is 35.6 Å². The number of methoxy groups -OCH3 is 2. The summed E-state index contributed by atoms with van der Waals surface area (Å²) in [4.78, 5) is 27.3. The van der Waals surface area contributed by atoms with Crippen LogP contribution in [-0.4, -0.2) is 50.1 Å². The molecule has 2 rings (SSSR count). The van der Waals surface area contributed by atoms with Crippen molar-refractivity contribution in [2.75, 3.05) is 27.3 Å². The Morgan fingerprint density at radius 2 is 1.85 bits per heavy atom. The van der Waals surface area contributed by atoms with E-state index in [1.807, 2.05) is 50.8 Å². The SMILES string of the molecule is COc1ccc(OC)c([C@@H]2CN(C(=O)CC(C)C)C[C@@H]2C(=O)NC(C)C)c1. The minimum Gasteiger partial charge on any atom is -0.497 e. The predicted molar refractivity (Wildman–Crippen MR) is 105 cm³/mol. The molecular weight excluding hydrogens is 344 g/mol. The summed E-state index contributed by atoms with van der Waals surface area (Å²) in [6.45, 7) is 8.87. The molecule has 0 unspecified atom stereocenters. The molecule has 1 aliphatic heterocycles. The predicted octanol–water partition coefficient (Wildman–Crippen LogP) is 2.82. The zero-order chi connectivity index (χ0) is 20.1. The van der Waals surface area contributed by atoms with E-state index >= 15 is 0 Å². The van der Waals surface area contributed by atoms with Gasteiger partial charge in [-0.05, 0) is 38.0 Å². The fraction of sp³-hybridized carbons (Fsp3) is 0.619. The average Bonchev–Trinajstić information content (AvgIpc) is 3.05. The molecule has 2 amide bonds. The van der Waals surface area contributed by atoms with Gasteiger partial charge >= 0.3 is 0 Å². The first kappa shape index (κ1) is 21.1. The van der Waals surface area contributed by atoms with Crippen LogP contribution in [0.4, 0.5) is 0 Å². The van der Waals surface area contributed by atoms with Crippen LogP contribution in [0.2, 0.25) is 0 Å². The average molecular weight is 376 g/mol. The minimum atomic E-state index is -0.315. The fourth-order valence-corrected chi connectivity index (χ4v) is 3.59. The van der Waals surface area contributed by atoms with Crippen LogP contribution in [-0.2, 0) is 9.59 Å². The van der Waals surface area contributed by atoms with Gasteiger partial charge in [-0.25, -0.2) is 0 Å². The van der Waals surface area contributed by atoms with Gasteiger partial charge < -0.3 is 19.7 Å². The highest BCUT2D eigenvalue weighted by atomic mass is 16.5. The van der Waals surface area contributed by atoms with Crippen LogP contribution in [0.3, 0.4) is 0 Å². The molecular formula is C21H32N2O4. The van der Waals surface area contributed by atoms with Crippen LogP contribution in [0.25, 0.3) is 0 Å². The van der Waals surface area contributed by atoms with E-state index < -0.39 is 0 Å². The normalized spacial score (nSPS) is 19.5. The lowest BCUT2D eigenvalue weighted by molar-refractivity contribution is -0.131. The van der Waals surface area contributed by atoms with E-state index in [1.54, 1.807) is 14.2 Å². The van der Waals surface area contributed by atoms with Crippen molar-refractivity contribution in [3.05, 3.63) is 23.8 Å². The highest BCUT2D eigenvalue weighted by Gasteiger charge is 2.41. The smallest absolute Gasteiger partial charge is 0.225 e. The van der Waals surface area contributed by atoms with Crippen LogP contribution in [0.15, 0.2) is 18.2 Å². The molecule has 1 aromatic carbocycles. The van der Waals surface area contributed by atoms with Gasteiger partial charge in [0.25, 0.3) is 0 Å². The van der Waals surface area contributed by atoms with E-state index in [2.05, 4.69) is 5.32 Å². The van der Waals surface area contributed by atoms with Crippen molar-refractivity contribution < 1.29 is 19.1 Å². The minimum absolute atomic E-state index is 0.0280. The maximum absolute atomic E-state index is 12.9. The summed E-state index contributed by atoms with van der Waals surface area (Å²) in [5.74, 6) is 1.32. The van der Waals surface area contributed by atoms with Gasteiger partial charge in [0, 0.05) is 37.0 Å². The van der Waals surface area contributed by atoms with E-state index in [1.165, 1.54) is 0 Å². The van der Waals surface area contributed by atoms with Gasteiger partial charge in [0.15, 0.2) is 0 Å². The third kappa shape index (κ3) is 5.15. The van der Waals surface area contributed by atoms with Crippen molar-refractivity contribution >= 4 is 11.8 Å². The second-order valence-corrected chi connectivity index (χ2v) is 7.88. The molecule has 6 nitrogen and oxygen atoms in total. The van der Waals surface area contributed by atoms with Gasteiger partial charge in [-0.1, -0.05) is 13.8 Å². The monoisotopic (exact) mass is 376 g/mol. The maximum Gasteiger partial charge on any atom is 0.225 e. The first-order chi connectivity index (χ1) is 12.8. The molecule has 0 saturated carbocycles. The van der Waals surface area contributed by atoms with Crippen molar-refractivity contribution in [1.82, 2.24) is 10.2 Å². The number of nitrogens with zero attached hydrogens (tertiary/aromatic N) is 1. The van der Waals surface area contributed by atoms with Crippen LogP contribution < -0.4 is 14.8 Å². The first-order valence-corrected chi connectivity index (χ1v) is 9.56. The molecule has 0 radical (unpaired) electrons. The highest BCUT2D eigenvalue weighted by molar-refractivity contribution is 5.83. The number of hydrogen-bond donors (Lipinski definition) is 1. The first-order valence-electron chi connectivity index (χ1n) is 9.56. The summed E-state index contributed by atoms with van der Waals surface area (Å²) in [6.07, 6.45) is 0.487. The lowest BCUT2D eigenvalue weighted by atomic mass is 9.87. The van der Waals surface area contributed by atoms with Crippen LogP contribution in [0.1, 0.15) is 45.6 Å². The topological polar surface area (TPSA) is 67.9 Å². The quantitative estimate of drug-likeness (QED) is 0.795. The van der Waals surface area contributed by atoms with Gasteiger partial charge in [0.05, 0.1) is 20.1 Å². The lowest BCUT2D eigenvalue weighted by Gasteiger charge is -2.22. The molecule has 0 bridgehead atoms. The van der Waals surface area contributed by atoms with Crippen molar-refractivity contribution in [2.24, 2.45) is 11.8 Å². The zero-order valence-electron chi connectivity index (χ0n) is 17.2. The van der Waals surface area contributed by atoms with Gasteiger partial charge in [-0.3, -0.25) is 9.59 Å². The Bertz CT molecular complexity index is 672. The second-order valence-electron chi connectivity index (χ2n) is 7.88. The van der Waals surface area contributed by atoms with Crippen LogP contribution in [0, 0.1) is 11.8 Å². The number of carbonyl (C=O) groups excluding carboxylic acids is 2. The van der Waals surface area contributed by atoms with E-state index in [0.717, 1.165) is 5.56 Å². The Labute approximate surface area is 162 Å². The van der Waals surface area contributed by atoms with Crippen molar-refractivity contribution in [1.29, 1.82) is 0 Å². The Morgan fingerprint density at radius 1 is 1.15 bits per heavy atom. The maximum atomic E-state index is 12.9. The van der Waals surface area contributed by atoms with Crippen LogP contribution in [0.5, 0.6) is 11.5 Å². The van der Waals surface area contributed by atoms with Gasteiger partial charge in [0.2, 0.25) is 11.8 Å². The Morgan fingerprint density at radius 3 is 2.41 bits per heavy atom. The summed E-state index contributed by atoms with van der Waals surface area (Å²) in [7, 11) is 3.23. The molecule has 1 heterocycles. The van der Waals surface area contributed by atoms with Crippen molar-refractivity contribution in [3.63, 3.8) is 0 Å². The number of ether oxygens (including phenoxy) is 2. The van der Waals surface area contributed by atoms with E-state index in [9.17, 15) is 9.59 Å². The summed E-state index contributed by atoms with van der Waals surface area (Å²) >= 11 is 0. The third-order valence-corrected chi connectivity index (χ3v) is 4.86. The Kier molecular flexibility index (Phi) is 7.11. The number of rotatable bonds is 7. The molecule has 1 N–H and O–H groups in total. The number of carbonyl (C=O) groups is 2. The largest absolute Gasteiger partial charge is 0.497 e. The lowest BCUT2D eigenvalue weighted by Crippen LogP contribution is -2.39. The standard InChI is InChI=1S/C21H32N2O4/c1-13(2)9-20(24)23-11-17(18(12-23)21(25)22-14(3)4)16-10-15(26-5)7-8-19(16)27-6/h7-8,10,13-14,17-18H,9,11-12H2,1-6H3,(H,22,25)/t17-,18-/m0/s1. The second kappa shape index (κ2) is 9.11. The summed E-state index contributed by atoms with van der Waals surface area (Å²) in [5.41, 5.74) is 0.903.